The molecule has 3 atom stereocenters. The second kappa shape index (κ2) is 7.67. The van der Waals surface area contributed by atoms with Crippen LogP contribution in [0.3, 0.4) is 0 Å². The van der Waals surface area contributed by atoms with Gasteiger partial charge < -0.3 is 27.8 Å². The number of piperidine rings is 1. The zero-order valence-corrected chi connectivity index (χ0v) is 18.7. The first-order chi connectivity index (χ1) is 15.3. The van der Waals surface area contributed by atoms with Crippen molar-refractivity contribution in [1.82, 2.24) is 10.6 Å². The van der Waals surface area contributed by atoms with E-state index in [4.69, 9.17) is 17.2 Å². The van der Waals surface area contributed by atoms with Gasteiger partial charge in [-0.1, -0.05) is 30.3 Å². The Morgan fingerprint density at radius 2 is 2.00 bits per heavy atom. The maximum Gasteiger partial charge on any atom is 0.262 e. The van der Waals surface area contributed by atoms with Gasteiger partial charge in [0.2, 0.25) is 0 Å². The van der Waals surface area contributed by atoms with Crippen molar-refractivity contribution in [3.05, 3.63) is 63.5 Å². The molecule has 2 heterocycles. The second-order valence-corrected chi connectivity index (χ2v) is 9.75. The van der Waals surface area contributed by atoms with Crippen LogP contribution in [-0.2, 0) is 10.3 Å². The highest BCUT2D eigenvalue weighted by Gasteiger charge is 2.49. The summed E-state index contributed by atoms with van der Waals surface area (Å²) in [5.41, 5.74) is 21.7. The quantitative estimate of drug-likeness (QED) is 0.388. The molecule has 0 spiro atoms. The molecule has 5 rings (SSSR count). The van der Waals surface area contributed by atoms with E-state index in [9.17, 15) is 9.59 Å². The molecule has 1 amide bonds. The molecule has 1 fully saturated rings. The largest absolute Gasteiger partial charge is 0.398 e. The number of thiophene rings is 1. The molecule has 3 aromatic rings. The van der Waals surface area contributed by atoms with Gasteiger partial charge >= 0.3 is 0 Å². The molecule has 32 heavy (non-hydrogen) atoms. The highest BCUT2D eigenvalue weighted by molar-refractivity contribution is 7.21. The summed E-state index contributed by atoms with van der Waals surface area (Å²) < 4.78 is 0.746. The van der Waals surface area contributed by atoms with Crippen molar-refractivity contribution >= 4 is 38.8 Å². The number of Topliss-reactive ketones (excluding diaryl/α,β-unsaturated/α-hetero) is 1. The average molecular weight is 450 g/mol. The molecule has 166 valence electrons. The lowest BCUT2D eigenvalue weighted by atomic mass is 9.69. The summed E-state index contributed by atoms with van der Waals surface area (Å²) in [7, 11) is 0. The summed E-state index contributed by atoms with van der Waals surface area (Å²) in [5.74, 6) is -0.541. The number of hydrogen-bond donors (Lipinski definition) is 5. The lowest BCUT2D eigenvalue weighted by Crippen LogP contribution is -2.53. The van der Waals surface area contributed by atoms with Crippen molar-refractivity contribution < 1.29 is 9.59 Å². The zero-order chi connectivity index (χ0) is 22.6. The second-order valence-electron chi connectivity index (χ2n) is 8.73. The molecular formula is C24H27N5O2S. The zero-order valence-electron chi connectivity index (χ0n) is 17.9. The van der Waals surface area contributed by atoms with Crippen molar-refractivity contribution in [2.75, 3.05) is 18.8 Å². The molecule has 7 nitrogen and oxygen atoms in total. The molecule has 1 aromatic heterocycles. The topological polar surface area (TPSA) is 136 Å². The lowest BCUT2D eigenvalue weighted by Gasteiger charge is -2.37. The summed E-state index contributed by atoms with van der Waals surface area (Å²) in [6.07, 6.45) is 1.92. The van der Waals surface area contributed by atoms with Crippen LogP contribution in [0.5, 0.6) is 0 Å². The molecule has 1 aliphatic heterocycles. The van der Waals surface area contributed by atoms with Gasteiger partial charge in [0, 0.05) is 29.2 Å². The fourth-order valence-corrected chi connectivity index (χ4v) is 6.27. The van der Waals surface area contributed by atoms with Gasteiger partial charge in [-0.15, -0.1) is 11.3 Å². The SMILES string of the molecule is Cc1ccccc1C1(N)C(=O)C(N)c2c(C(=O)NC3CCCNC3)sc3c(N)ccc1c23. The van der Waals surface area contributed by atoms with Crippen LogP contribution in [0.25, 0.3) is 10.1 Å². The van der Waals surface area contributed by atoms with Gasteiger partial charge in [0.05, 0.1) is 15.6 Å². The van der Waals surface area contributed by atoms with E-state index in [1.807, 2.05) is 31.2 Å². The van der Waals surface area contributed by atoms with Crippen molar-refractivity contribution in [1.29, 1.82) is 0 Å². The first-order valence-corrected chi connectivity index (χ1v) is 11.7. The predicted octanol–water partition coefficient (Wildman–Crippen LogP) is 2.06. The van der Waals surface area contributed by atoms with Gasteiger partial charge in [0.15, 0.2) is 5.78 Å². The lowest BCUT2D eigenvalue weighted by molar-refractivity contribution is -0.124. The highest BCUT2D eigenvalue weighted by Crippen LogP contribution is 2.49. The Balaban J connectivity index is 1.71. The fraction of sp³-hybridized carbons (Fsp3) is 0.333. The van der Waals surface area contributed by atoms with Gasteiger partial charge in [-0.3, -0.25) is 9.59 Å². The van der Waals surface area contributed by atoms with E-state index >= 15 is 0 Å². The molecule has 0 radical (unpaired) electrons. The number of ketones is 1. The third-order valence-electron chi connectivity index (χ3n) is 6.72. The van der Waals surface area contributed by atoms with E-state index < -0.39 is 11.6 Å². The molecule has 0 saturated carbocycles. The first-order valence-electron chi connectivity index (χ1n) is 10.9. The van der Waals surface area contributed by atoms with Gasteiger partial charge in [-0.2, -0.15) is 0 Å². The normalized spacial score (nSPS) is 25.2. The molecule has 2 aromatic carbocycles. The van der Waals surface area contributed by atoms with E-state index in [0.29, 0.717) is 27.3 Å². The Morgan fingerprint density at radius 1 is 1.22 bits per heavy atom. The van der Waals surface area contributed by atoms with E-state index in [-0.39, 0.29) is 17.7 Å². The van der Waals surface area contributed by atoms with Crippen LogP contribution in [0.1, 0.15) is 50.8 Å². The summed E-state index contributed by atoms with van der Waals surface area (Å²) >= 11 is 1.29. The monoisotopic (exact) mass is 449 g/mol. The molecule has 3 unspecified atom stereocenters. The van der Waals surface area contributed by atoms with Gasteiger partial charge in [0.25, 0.3) is 5.91 Å². The number of nitrogens with one attached hydrogen (secondary N) is 2. The van der Waals surface area contributed by atoms with Crippen molar-refractivity contribution in [2.45, 2.75) is 37.4 Å². The predicted molar refractivity (Wildman–Crippen MR) is 128 cm³/mol. The van der Waals surface area contributed by atoms with Crippen LogP contribution in [-0.4, -0.2) is 30.8 Å². The molecule has 8 heteroatoms. The fourth-order valence-electron chi connectivity index (χ4n) is 5.07. The number of nitrogen functional groups attached to an aromatic ring is 1. The van der Waals surface area contributed by atoms with Crippen LogP contribution in [0, 0.1) is 6.92 Å². The summed E-state index contributed by atoms with van der Waals surface area (Å²) in [5, 5.41) is 7.14. The van der Waals surface area contributed by atoms with Crippen LogP contribution >= 0.6 is 11.3 Å². The maximum atomic E-state index is 13.7. The number of nitrogens with two attached hydrogens (primary N) is 3. The Morgan fingerprint density at radius 3 is 2.72 bits per heavy atom. The van der Waals surface area contributed by atoms with E-state index in [2.05, 4.69) is 10.6 Å². The molecular weight excluding hydrogens is 422 g/mol. The standard InChI is InChI=1S/C24H27N5O2S/c1-12-5-2-3-7-14(12)24(27)15-8-9-16(25)20-17(15)18(19(26)22(24)30)21(32-20)23(31)29-13-6-4-10-28-11-13/h2-3,5,7-9,13,19,28H,4,6,10-11,25-27H2,1H3,(H,29,31). The third kappa shape index (κ3) is 2.98. The molecule has 2 aliphatic rings. The van der Waals surface area contributed by atoms with Crippen LogP contribution in [0.2, 0.25) is 0 Å². The van der Waals surface area contributed by atoms with E-state index in [0.717, 1.165) is 41.6 Å². The molecule has 1 aliphatic carbocycles. The first kappa shape index (κ1) is 21.1. The van der Waals surface area contributed by atoms with E-state index in [1.54, 1.807) is 12.1 Å². The van der Waals surface area contributed by atoms with Gasteiger partial charge in [-0.05, 0) is 49.1 Å². The number of amides is 1. The minimum absolute atomic E-state index is 0.0431. The minimum Gasteiger partial charge on any atom is -0.398 e. The highest BCUT2D eigenvalue weighted by atomic mass is 32.1. The van der Waals surface area contributed by atoms with E-state index in [1.165, 1.54) is 11.3 Å². The van der Waals surface area contributed by atoms with Crippen molar-refractivity contribution in [3.63, 3.8) is 0 Å². The van der Waals surface area contributed by atoms with Crippen molar-refractivity contribution in [2.24, 2.45) is 11.5 Å². The van der Waals surface area contributed by atoms with Crippen LogP contribution in [0.4, 0.5) is 5.69 Å². The number of rotatable bonds is 3. The summed E-state index contributed by atoms with van der Waals surface area (Å²) in [6.45, 7) is 3.61. The van der Waals surface area contributed by atoms with Gasteiger partial charge in [-0.25, -0.2) is 0 Å². The molecule has 8 N–H and O–H groups in total. The Kier molecular flexibility index (Phi) is 5.05. The number of carbonyl (C=O) groups excluding carboxylic acids is 2. The average Bonchev–Trinajstić information content (AvgIpc) is 3.20. The smallest absolute Gasteiger partial charge is 0.262 e. The number of carbonyl (C=O) groups is 2. The summed E-state index contributed by atoms with van der Waals surface area (Å²) in [4.78, 5) is 27.5. The Hall–Kier alpha value is -2.78. The number of aryl methyl sites for hydroxylation is 1. The van der Waals surface area contributed by atoms with Crippen molar-refractivity contribution in [3.8, 4) is 0 Å². The molecule has 1 saturated heterocycles. The Labute approximate surface area is 190 Å². The Bertz CT molecular complexity index is 1250. The number of hydrogen-bond acceptors (Lipinski definition) is 7. The maximum absolute atomic E-state index is 13.7. The third-order valence-corrected chi connectivity index (χ3v) is 7.97. The van der Waals surface area contributed by atoms with Crippen LogP contribution in [0.15, 0.2) is 36.4 Å². The number of benzene rings is 2. The minimum atomic E-state index is -1.41. The van der Waals surface area contributed by atoms with Crippen LogP contribution < -0.4 is 27.8 Å². The molecule has 0 bridgehead atoms. The number of anilines is 1. The van der Waals surface area contributed by atoms with Gasteiger partial charge in [0.1, 0.15) is 5.54 Å². The summed E-state index contributed by atoms with van der Waals surface area (Å²) in [6, 6.07) is 10.2.